The highest BCUT2D eigenvalue weighted by atomic mass is 16.5. The SMILES string of the molecule is COCc1cccc(CNCC2(O)CCCC(C)C2)c1. The summed E-state index contributed by atoms with van der Waals surface area (Å²) in [5, 5.41) is 14.0. The maximum atomic E-state index is 10.6. The fourth-order valence-electron chi connectivity index (χ4n) is 3.23. The summed E-state index contributed by atoms with van der Waals surface area (Å²) in [6, 6.07) is 8.40. The molecule has 1 aliphatic rings. The molecule has 2 N–H and O–H groups in total. The van der Waals surface area contributed by atoms with Gasteiger partial charge in [0.15, 0.2) is 0 Å². The first-order chi connectivity index (χ1) is 9.61. The van der Waals surface area contributed by atoms with E-state index in [0.29, 0.717) is 19.1 Å². The molecular formula is C17H27NO2. The second-order valence-electron chi connectivity index (χ2n) is 6.28. The smallest absolute Gasteiger partial charge is 0.0774 e. The van der Waals surface area contributed by atoms with Crippen LogP contribution in [0, 0.1) is 5.92 Å². The van der Waals surface area contributed by atoms with Crippen molar-refractivity contribution in [2.45, 2.75) is 51.4 Å². The highest BCUT2D eigenvalue weighted by Gasteiger charge is 2.31. The van der Waals surface area contributed by atoms with Crippen LogP contribution in [0.25, 0.3) is 0 Å². The van der Waals surface area contributed by atoms with Gasteiger partial charge in [-0.1, -0.05) is 44.0 Å². The lowest BCUT2D eigenvalue weighted by molar-refractivity contribution is -0.0119. The van der Waals surface area contributed by atoms with E-state index in [1.165, 1.54) is 17.5 Å². The number of ether oxygens (including phenoxy) is 1. The van der Waals surface area contributed by atoms with Gasteiger partial charge < -0.3 is 15.2 Å². The Bertz CT molecular complexity index is 421. The number of rotatable bonds is 6. The molecule has 1 aromatic carbocycles. The Hall–Kier alpha value is -0.900. The maximum absolute atomic E-state index is 10.6. The van der Waals surface area contributed by atoms with Gasteiger partial charge in [-0.05, 0) is 29.9 Å². The molecule has 0 amide bonds. The first-order valence-electron chi connectivity index (χ1n) is 7.61. The summed E-state index contributed by atoms with van der Waals surface area (Å²) in [5.74, 6) is 0.639. The maximum Gasteiger partial charge on any atom is 0.0774 e. The van der Waals surface area contributed by atoms with Crippen molar-refractivity contribution >= 4 is 0 Å². The van der Waals surface area contributed by atoms with Crippen LogP contribution in [0.3, 0.4) is 0 Å². The monoisotopic (exact) mass is 277 g/mol. The van der Waals surface area contributed by atoms with Crippen molar-refractivity contribution < 1.29 is 9.84 Å². The first kappa shape index (κ1) is 15.5. The van der Waals surface area contributed by atoms with Crippen molar-refractivity contribution in [1.82, 2.24) is 5.32 Å². The predicted molar refractivity (Wildman–Crippen MR) is 81.4 cm³/mol. The molecule has 0 aromatic heterocycles. The van der Waals surface area contributed by atoms with Crippen LogP contribution in [0.1, 0.15) is 43.7 Å². The topological polar surface area (TPSA) is 41.5 Å². The van der Waals surface area contributed by atoms with Gasteiger partial charge in [-0.15, -0.1) is 0 Å². The summed E-state index contributed by atoms with van der Waals surface area (Å²) in [5.41, 5.74) is 1.92. The summed E-state index contributed by atoms with van der Waals surface area (Å²) in [4.78, 5) is 0. The van der Waals surface area contributed by atoms with E-state index in [-0.39, 0.29) is 0 Å². The van der Waals surface area contributed by atoms with Crippen molar-refractivity contribution in [3.05, 3.63) is 35.4 Å². The molecule has 2 unspecified atom stereocenters. The molecule has 0 aliphatic heterocycles. The quantitative estimate of drug-likeness (QED) is 0.840. The van der Waals surface area contributed by atoms with Gasteiger partial charge in [0.1, 0.15) is 0 Å². The number of methoxy groups -OCH3 is 1. The zero-order valence-electron chi connectivity index (χ0n) is 12.7. The van der Waals surface area contributed by atoms with Crippen molar-refractivity contribution in [1.29, 1.82) is 0 Å². The lowest BCUT2D eigenvalue weighted by Gasteiger charge is -2.35. The summed E-state index contributed by atoms with van der Waals surface area (Å²) in [6.07, 6.45) is 4.24. The second-order valence-corrected chi connectivity index (χ2v) is 6.28. The van der Waals surface area contributed by atoms with Crippen molar-refractivity contribution in [2.24, 2.45) is 5.92 Å². The van der Waals surface area contributed by atoms with Gasteiger partial charge in [-0.25, -0.2) is 0 Å². The van der Waals surface area contributed by atoms with E-state index in [2.05, 4.69) is 36.5 Å². The molecule has 1 aliphatic carbocycles. The van der Waals surface area contributed by atoms with Crippen molar-refractivity contribution in [2.75, 3.05) is 13.7 Å². The van der Waals surface area contributed by atoms with Crippen LogP contribution in [0.15, 0.2) is 24.3 Å². The van der Waals surface area contributed by atoms with Crippen molar-refractivity contribution in [3.8, 4) is 0 Å². The molecular weight excluding hydrogens is 250 g/mol. The minimum absolute atomic E-state index is 0.512. The van der Waals surface area contributed by atoms with E-state index >= 15 is 0 Å². The van der Waals surface area contributed by atoms with Gasteiger partial charge in [0.05, 0.1) is 12.2 Å². The molecule has 0 radical (unpaired) electrons. The summed E-state index contributed by atoms with van der Waals surface area (Å²) in [6.45, 7) is 4.37. The number of benzene rings is 1. The highest BCUT2D eigenvalue weighted by Crippen LogP contribution is 2.31. The fraction of sp³-hybridized carbons (Fsp3) is 0.647. The minimum atomic E-state index is -0.512. The lowest BCUT2D eigenvalue weighted by Crippen LogP contribution is -2.43. The first-order valence-corrected chi connectivity index (χ1v) is 7.61. The van der Waals surface area contributed by atoms with Crippen LogP contribution in [-0.2, 0) is 17.9 Å². The highest BCUT2D eigenvalue weighted by molar-refractivity contribution is 5.22. The fourth-order valence-corrected chi connectivity index (χ4v) is 3.23. The molecule has 0 spiro atoms. The van der Waals surface area contributed by atoms with Crippen LogP contribution >= 0.6 is 0 Å². The molecule has 20 heavy (non-hydrogen) atoms. The number of hydrogen-bond donors (Lipinski definition) is 2. The van der Waals surface area contributed by atoms with Crippen LogP contribution in [-0.4, -0.2) is 24.4 Å². The van der Waals surface area contributed by atoms with E-state index in [4.69, 9.17) is 4.74 Å². The molecule has 3 nitrogen and oxygen atoms in total. The normalized spacial score (nSPS) is 26.6. The van der Waals surface area contributed by atoms with E-state index < -0.39 is 5.60 Å². The minimum Gasteiger partial charge on any atom is -0.389 e. The molecule has 2 atom stereocenters. The zero-order valence-corrected chi connectivity index (χ0v) is 12.7. The molecule has 1 saturated carbocycles. The number of nitrogens with one attached hydrogen (secondary N) is 1. The van der Waals surface area contributed by atoms with E-state index in [1.54, 1.807) is 7.11 Å². The lowest BCUT2D eigenvalue weighted by atomic mass is 9.79. The van der Waals surface area contributed by atoms with Crippen LogP contribution in [0.4, 0.5) is 0 Å². The van der Waals surface area contributed by atoms with Crippen molar-refractivity contribution in [3.63, 3.8) is 0 Å². The van der Waals surface area contributed by atoms with Gasteiger partial charge in [-0.3, -0.25) is 0 Å². The molecule has 112 valence electrons. The van der Waals surface area contributed by atoms with Gasteiger partial charge >= 0.3 is 0 Å². The Labute approximate surface area is 122 Å². The van der Waals surface area contributed by atoms with E-state index in [9.17, 15) is 5.11 Å². The molecule has 1 aromatic rings. The number of hydrogen-bond acceptors (Lipinski definition) is 3. The average Bonchev–Trinajstić information content (AvgIpc) is 2.39. The third kappa shape index (κ3) is 4.58. The Morgan fingerprint density at radius 2 is 2.20 bits per heavy atom. The van der Waals surface area contributed by atoms with E-state index in [0.717, 1.165) is 25.8 Å². The number of aliphatic hydroxyl groups is 1. The second kappa shape index (κ2) is 7.21. The van der Waals surface area contributed by atoms with Crippen LogP contribution < -0.4 is 5.32 Å². The van der Waals surface area contributed by atoms with Gasteiger partial charge in [0, 0.05) is 20.2 Å². The average molecular weight is 277 g/mol. The Kier molecular flexibility index (Phi) is 5.58. The Balaban J connectivity index is 1.81. The summed E-state index contributed by atoms with van der Waals surface area (Å²) < 4.78 is 5.15. The molecule has 1 fully saturated rings. The van der Waals surface area contributed by atoms with Crippen LogP contribution in [0.5, 0.6) is 0 Å². The summed E-state index contributed by atoms with van der Waals surface area (Å²) in [7, 11) is 1.71. The largest absolute Gasteiger partial charge is 0.389 e. The van der Waals surface area contributed by atoms with Gasteiger partial charge in [0.25, 0.3) is 0 Å². The van der Waals surface area contributed by atoms with Crippen LogP contribution in [0.2, 0.25) is 0 Å². The third-order valence-electron chi connectivity index (χ3n) is 4.15. The molecule has 0 heterocycles. The van der Waals surface area contributed by atoms with E-state index in [1.807, 2.05) is 0 Å². The van der Waals surface area contributed by atoms with Gasteiger partial charge in [0.2, 0.25) is 0 Å². The molecule has 0 bridgehead atoms. The molecule has 3 heteroatoms. The van der Waals surface area contributed by atoms with Gasteiger partial charge in [-0.2, -0.15) is 0 Å². The summed E-state index contributed by atoms with van der Waals surface area (Å²) >= 11 is 0. The molecule has 0 saturated heterocycles. The standard InChI is InChI=1S/C17H27NO2/c1-14-5-4-8-17(19,10-14)13-18-11-15-6-3-7-16(9-15)12-20-2/h3,6-7,9,14,18-19H,4-5,8,10-13H2,1-2H3. The molecule has 2 rings (SSSR count). The zero-order chi connectivity index (χ0) is 14.4. The predicted octanol–water partition coefficient (Wildman–Crippen LogP) is 2.86. The Morgan fingerprint density at radius 3 is 2.95 bits per heavy atom. The third-order valence-corrected chi connectivity index (χ3v) is 4.15. The Morgan fingerprint density at radius 1 is 1.40 bits per heavy atom.